The molecule has 146 valence electrons. The molecule has 0 saturated heterocycles. The van der Waals surface area contributed by atoms with Gasteiger partial charge in [-0.2, -0.15) is 4.31 Å². The van der Waals surface area contributed by atoms with Crippen LogP contribution in [0.25, 0.3) is 0 Å². The van der Waals surface area contributed by atoms with Crippen LogP contribution in [0.4, 0.5) is 0 Å². The van der Waals surface area contributed by atoms with Crippen LogP contribution in [0.1, 0.15) is 31.1 Å². The first kappa shape index (κ1) is 22.1. The zero-order valence-electron chi connectivity index (χ0n) is 15.7. The third-order valence-corrected chi connectivity index (χ3v) is 5.99. The molecular weight excluding hydrogens is 356 g/mol. The fourth-order valence-electron chi connectivity index (χ4n) is 2.20. The van der Waals surface area contributed by atoms with Crippen molar-refractivity contribution in [2.75, 3.05) is 33.2 Å². The lowest BCUT2D eigenvalue weighted by Crippen LogP contribution is -2.42. The van der Waals surface area contributed by atoms with Crippen molar-refractivity contribution in [2.24, 2.45) is 0 Å². The molecule has 0 fully saturated rings. The summed E-state index contributed by atoms with van der Waals surface area (Å²) in [5, 5.41) is 8.17. The summed E-state index contributed by atoms with van der Waals surface area (Å²) in [6.07, 6.45) is 0. The predicted molar refractivity (Wildman–Crippen MR) is 100 cm³/mol. The van der Waals surface area contributed by atoms with E-state index in [1.54, 1.807) is 20.9 Å². The second kappa shape index (κ2) is 10.2. The van der Waals surface area contributed by atoms with Crippen molar-refractivity contribution < 1.29 is 18.0 Å². The smallest absolute Gasteiger partial charge is 0.251 e. The van der Waals surface area contributed by atoms with Gasteiger partial charge in [-0.3, -0.25) is 9.59 Å². The summed E-state index contributed by atoms with van der Waals surface area (Å²) in [5.74, 6) is -0.814. The fraction of sp³-hybridized carbons (Fsp3) is 0.529. The maximum absolute atomic E-state index is 12.5. The number of sulfonamides is 1. The van der Waals surface area contributed by atoms with Crippen molar-refractivity contribution in [3.8, 4) is 0 Å². The quantitative estimate of drug-likeness (QED) is 0.533. The van der Waals surface area contributed by atoms with Gasteiger partial charge in [-0.15, -0.1) is 0 Å². The van der Waals surface area contributed by atoms with E-state index in [-0.39, 0.29) is 29.0 Å². The molecule has 8 nitrogen and oxygen atoms in total. The van der Waals surface area contributed by atoms with Crippen LogP contribution in [0.15, 0.2) is 29.2 Å². The van der Waals surface area contributed by atoms with Crippen LogP contribution in [0.5, 0.6) is 0 Å². The lowest BCUT2D eigenvalue weighted by atomic mass is 10.2. The van der Waals surface area contributed by atoms with E-state index in [1.165, 1.54) is 28.6 Å². The van der Waals surface area contributed by atoms with E-state index >= 15 is 0 Å². The van der Waals surface area contributed by atoms with Gasteiger partial charge in [0.15, 0.2) is 0 Å². The second-order valence-corrected chi connectivity index (χ2v) is 7.73. The highest BCUT2D eigenvalue weighted by Gasteiger charge is 2.22. The third-order valence-electron chi connectivity index (χ3n) is 3.95. The molecule has 1 aromatic rings. The van der Waals surface area contributed by atoms with Gasteiger partial charge in [-0.05, 0) is 32.2 Å². The zero-order valence-corrected chi connectivity index (χ0v) is 16.5. The Labute approximate surface area is 155 Å². The molecule has 0 aliphatic rings. The van der Waals surface area contributed by atoms with E-state index in [0.717, 1.165) is 0 Å². The summed E-state index contributed by atoms with van der Waals surface area (Å²) >= 11 is 0. The van der Waals surface area contributed by atoms with E-state index in [1.807, 2.05) is 6.92 Å². The van der Waals surface area contributed by atoms with Crippen molar-refractivity contribution in [3.05, 3.63) is 29.8 Å². The van der Waals surface area contributed by atoms with Crippen LogP contribution in [0.3, 0.4) is 0 Å². The Morgan fingerprint density at radius 3 is 2.38 bits per heavy atom. The van der Waals surface area contributed by atoms with Crippen molar-refractivity contribution in [1.29, 1.82) is 0 Å². The summed E-state index contributed by atoms with van der Waals surface area (Å²) in [6.45, 7) is 6.39. The minimum Gasteiger partial charge on any atom is -0.353 e. The maximum atomic E-state index is 12.5. The summed E-state index contributed by atoms with van der Waals surface area (Å²) in [7, 11) is -1.85. The molecule has 0 aliphatic carbocycles. The van der Waals surface area contributed by atoms with Gasteiger partial charge in [0.1, 0.15) is 0 Å². The van der Waals surface area contributed by atoms with E-state index in [4.69, 9.17) is 0 Å². The average molecular weight is 385 g/mol. The first-order valence-electron chi connectivity index (χ1n) is 8.58. The number of likely N-dealkylation sites (N-methyl/N-ethyl adjacent to an activating group) is 1. The molecule has 0 aliphatic heterocycles. The van der Waals surface area contributed by atoms with Crippen molar-refractivity contribution in [2.45, 2.75) is 31.7 Å². The lowest BCUT2D eigenvalue weighted by molar-refractivity contribution is -0.120. The Morgan fingerprint density at radius 1 is 1.15 bits per heavy atom. The summed E-state index contributed by atoms with van der Waals surface area (Å²) < 4.78 is 26.4. The van der Waals surface area contributed by atoms with Crippen LogP contribution >= 0.6 is 0 Å². The molecule has 3 N–H and O–H groups in total. The number of amides is 2. The molecule has 1 rings (SSSR count). The van der Waals surface area contributed by atoms with E-state index in [0.29, 0.717) is 19.6 Å². The zero-order chi connectivity index (χ0) is 19.7. The number of carbonyl (C=O) groups excluding carboxylic acids is 2. The van der Waals surface area contributed by atoms with Gasteiger partial charge >= 0.3 is 0 Å². The number of hydrogen-bond donors (Lipinski definition) is 3. The minimum atomic E-state index is -3.64. The van der Waals surface area contributed by atoms with Crippen molar-refractivity contribution in [1.82, 2.24) is 20.3 Å². The Kier molecular flexibility index (Phi) is 8.70. The average Bonchev–Trinajstić information content (AvgIpc) is 2.64. The molecule has 1 unspecified atom stereocenters. The van der Waals surface area contributed by atoms with Crippen LogP contribution in [0.2, 0.25) is 0 Å². The second-order valence-electron chi connectivity index (χ2n) is 5.79. The number of nitrogens with zero attached hydrogens (tertiary/aromatic N) is 1. The highest BCUT2D eigenvalue weighted by Crippen LogP contribution is 2.16. The molecule has 0 spiro atoms. The number of nitrogens with one attached hydrogen (secondary N) is 3. The highest BCUT2D eigenvalue weighted by molar-refractivity contribution is 7.89. The predicted octanol–water partition coefficient (Wildman–Crippen LogP) is 0.171. The minimum absolute atomic E-state index is 0.0566. The normalized spacial score (nSPS) is 12.7. The Hall–Kier alpha value is -1.97. The summed E-state index contributed by atoms with van der Waals surface area (Å²) in [5.41, 5.74) is 0.189. The molecule has 0 heterocycles. The van der Waals surface area contributed by atoms with Gasteiger partial charge in [-0.25, -0.2) is 8.42 Å². The summed E-state index contributed by atoms with van der Waals surface area (Å²) in [6, 6.07) is 5.93. The SMILES string of the molecule is CCN(CC)S(=O)(=O)c1cccc(C(=O)NCC(=O)NCC(C)NC)c1. The monoisotopic (exact) mass is 384 g/mol. The number of carbonyl (C=O) groups is 2. The number of benzene rings is 1. The molecule has 26 heavy (non-hydrogen) atoms. The number of hydrogen-bond acceptors (Lipinski definition) is 5. The van der Waals surface area contributed by atoms with Crippen LogP contribution < -0.4 is 16.0 Å². The van der Waals surface area contributed by atoms with E-state index < -0.39 is 15.9 Å². The van der Waals surface area contributed by atoms with Crippen LogP contribution in [-0.2, 0) is 14.8 Å². The largest absolute Gasteiger partial charge is 0.353 e. The molecule has 0 saturated carbocycles. The molecule has 0 bridgehead atoms. The van der Waals surface area contributed by atoms with Gasteiger partial charge in [-0.1, -0.05) is 19.9 Å². The molecule has 9 heteroatoms. The van der Waals surface area contributed by atoms with Gasteiger partial charge in [0.05, 0.1) is 11.4 Å². The van der Waals surface area contributed by atoms with Gasteiger partial charge in [0.25, 0.3) is 5.91 Å². The molecule has 1 atom stereocenters. The third kappa shape index (κ3) is 6.08. The molecule has 1 aromatic carbocycles. The molecular formula is C17H28N4O4S. The Balaban J connectivity index is 2.76. The Morgan fingerprint density at radius 2 is 1.81 bits per heavy atom. The van der Waals surface area contributed by atoms with Gasteiger partial charge < -0.3 is 16.0 Å². The summed E-state index contributed by atoms with van der Waals surface area (Å²) in [4.78, 5) is 24.0. The first-order chi connectivity index (χ1) is 12.3. The van der Waals surface area contributed by atoms with E-state index in [9.17, 15) is 18.0 Å². The highest BCUT2D eigenvalue weighted by atomic mass is 32.2. The lowest BCUT2D eigenvalue weighted by Gasteiger charge is -2.18. The van der Waals surface area contributed by atoms with Gasteiger partial charge in [0.2, 0.25) is 15.9 Å². The Bertz CT molecular complexity index is 717. The number of rotatable bonds is 10. The maximum Gasteiger partial charge on any atom is 0.251 e. The van der Waals surface area contributed by atoms with Gasteiger partial charge in [0, 0.05) is 31.2 Å². The molecule has 0 radical (unpaired) electrons. The van der Waals surface area contributed by atoms with Crippen molar-refractivity contribution in [3.63, 3.8) is 0 Å². The van der Waals surface area contributed by atoms with E-state index in [2.05, 4.69) is 16.0 Å². The first-order valence-corrected chi connectivity index (χ1v) is 10.0. The van der Waals surface area contributed by atoms with Crippen molar-refractivity contribution >= 4 is 21.8 Å². The molecule has 0 aromatic heterocycles. The topological polar surface area (TPSA) is 108 Å². The molecule has 2 amide bonds. The standard InChI is InChI=1S/C17H28N4O4S/c1-5-21(6-2)26(24,25)15-9-7-8-14(10-15)17(23)20-12-16(22)19-11-13(3)18-4/h7-10,13,18H,5-6,11-12H2,1-4H3,(H,19,22)(H,20,23). The van der Waals surface area contributed by atoms with Crippen LogP contribution in [-0.4, -0.2) is 63.8 Å². The van der Waals surface area contributed by atoms with Crippen LogP contribution in [0, 0.1) is 0 Å². The fourth-order valence-corrected chi connectivity index (χ4v) is 3.71.